The van der Waals surface area contributed by atoms with Crippen molar-refractivity contribution in [3.05, 3.63) is 107 Å². The molecule has 44 heavy (non-hydrogen) atoms. The summed E-state index contributed by atoms with van der Waals surface area (Å²) in [6.07, 6.45) is 4.72. The van der Waals surface area contributed by atoms with Crippen LogP contribution in [0, 0.1) is 5.92 Å². The maximum Gasteiger partial charge on any atom is 0.264 e. The molecular formula is C35H37N5O4. The van der Waals surface area contributed by atoms with Crippen molar-refractivity contribution in [2.24, 2.45) is 5.92 Å². The van der Waals surface area contributed by atoms with Crippen LogP contribution in [0.5, 0.6) is 0 Å². The fourth-order valence-corrected chi connectivity index (χ4v) is 7.07. The molecule has 1 spiro atoms. The van der Waals surface area contributed by atoms with E-state index in [1.165, 1.54) is 0 Å². The van der Waals surface area contributed by atoms with Crippen molar-refractivity contribution in [3.8, 4) is 0 Å². The molecule has 1 N–H and O–H groups in total. The Morgan fingerprint density at radius 3 is 2.68 bits per heavy atom. The maximum absolute atomic E-state index is 14.4. The summed E-state index contributed by atoms with van der Waals surface area (Å²) in [6, 6.07) is 25.3. The lowest BCUT2D eigenvalue weighted by Crippen LogP contribution is -2.43. The van der Waals surface area contributed by atoms with Crippen LogP contribution in [0.4, 0.5) is 11.4 Å². The van der Waals surface area contributed by atoms with E-state index in [0.29, 0.717) is 31.6 Å². The number of carbonyl (C=O) groups excluding carboxylic acids is 2. The summed E-state index contributed by atoms with van der Waals surface area (Å²) >= 11 is 0. The number of aliphatic hydroxyl groups is 1. The van der Waals surface area contributed by atoms with Gasteiger partial charge in [-0.2, -0.15) is 0 Å². The molecule has 2 saturated heterocycles. The fourth-order valence-electron chi connectivity index (χ4n) is 7.07. The molecule has 0 bridgehead atoms. The summed E-state index contributed by atoms with van der Waals surface area (Å²) in [4.78, 5) is 30.6. The minimum absolute atomic E-state index is 0.0188. The normalized spacial score (nSPS) is 23.9. The Labute approximate surface area is 257 Å². The molecule has 1 aromatic heterocycles. The lowest BCUT2D eigenvalue weighted by Gasteiger charge is -2.29. The molecule has 2 fully saturated rings. The first-order valence-corrected chi connectivity index (χ1v) is 15.6. The number of para-hydroxylation sites is 1. The van der Waals surface area contributed by atoms with Crippen LogP contribution in [-0.2, 0) is 33.0 Å². The zero-order valence-electron chi connectivity index (χ0n) is 24.9. The number of rotatable bonds is 8. The van der Waals surface area contributed by atoms with Crippen molar-refractivity contribution in [1.82, 2.24) is 15.0 Å². The minimum Gasteiger partial charge on any atom is -0.382 e. The number of aliphatic hydroxyl groups excluding tert-OH is 1. The highest BCUT2D eigenvalue weighted by molar-refractivity contribution is 6.07. The molecule has 0 radical (unpaired) electrons. The second kappa shape index (κ2) is 11.6. The van der Waals surface area contributed by atoms with Crippen LogP contribution in [0.25, 0.3) is 0 Å². The SMILES string of the molecule is C[C@H]1C[C@@H](CCn2cc([C@H](O)c3ccccc3)nn2)O[C@]12C(=O)N(Cc1cccc(N3CCCCC3=O)c1)c1ccccc12. The highest BCUT2D eigenvalue weighted by atomic mass is 16.5. The molecule has 4 heterocycles. The van der Waals surface area contributed by atoms with E-state index in [9.17, 15) is 14.7 Å². The van der Waals surface area contributed by atoms with Crippen molar-refractivity contribution >= 4 is 23.2 Å². The molecule has 4 aromatic rings. The van der Waals surface area contributed by atoms with Gasteiger partial charge in [-0.05, 0) is 55.0 Å². The second-order valence-electron chi connectivity index (χ2n) is 12.2. The molecule has 3 aliphatic heterocycles. The van der Waals surface area contributed by atoms with Gasteiger partial charge in [0.2, 0.25) is 5.91 Å². The van der Waals surface area contributed by atoms with Gasteiger partial charge >= 0.3 is 0 Å². The number of benzene rings is 3. The Morgan fingerprint density at radius 2 is 1.84 bits per heavy atom. The molecule has 0 saturated carbocycles. The third kappa shape index (κ3) is 5.00. The Balaban J connectivity index is 1.07. The van der Waals surface area contributed by atoms with Gasteiger partial charge in [-0.1, -0.05) is 72.8 Å². The average molecular weight is 592 g/mol. The first kappa shape index (κ1) is 28.4. The number of hydrogen-bond acceptors (Lipinski definition) is 6. The van der Waals surface area contributed by atoms with Crippen LogP contribution in [-0.4, -0.2) is 44.6 Å². The van der Waals surface area contributed by atoms with Crippen LogP contribution in [0.2, 0.25) is 0 Å². The van der Waals surface area contributed by atoms with Crippen molar-refractivity contribution in [2.45, 2.75) is 69.9 Å². The van der Waals surface area contributed by atoms with Crippen LogP contribution in [0.1, 0.15) is 67.5 Å². The van der Waals surface area contributed by atoms with Gasteiger partial charge in [0, 0.05) is 36.7 Å². The topological polar surface area (TPSA) is 101 Å². The summed E-state index contributed by atoms with van der Waals surface area (Å²) in [6.45, 7) is 3.79. The van der Waals surface area contributed by atoms with E-state index in [-0.39, 0.29) is 23.8 Å². The number of anilines is 2. The van der Waals surface area contributed by atoms with Crippen LogP contribution >= 0.6 is 0 Å². The van der Waals surface area contributed by atoms with Gasteiger partial charge in [0.05, 0.1) is 24.5 Å². The number of amides is 2. The molecule has 3 aromatic carbocycles. The minimum atomic E-state index is -1.04. The Bertz CT molecular complexity index is 1670. The smallest absolute Gasteiger partial charge is 0.264 e. The number of fused-ring (bicyclic) bond motifs is 2. The summed E-state index contributed by atoms with van der Waals surface area (Å²) in [5.74, 6) is 0.0977. The van der Waals surface area contributed by atoms with Crippen LogP contribution in [0.3, 0.4) is 0 Å². The zero-order chi connectivity index (χ0) is 30.3. The van der Waals surface area contributed by atoms with E-state index in [1.807, 2.05) is 88.7 Å². The van der Waals surface area contributed by atoms with Crippen molar-refractivity contribution in [3.63, 3.8) is 0 Å². The summed E-state index contributed by atoms with van der Waals surface area (Å²) in [5, 5.41) is 19.1. The number of hydrogen-bond donors (Lipinski definition) is 1. The Kier molecular flexibility index (Phi) is 7.52. The van der Waals surface area contributed by atoms with E-state index in [0.717, 1.165) is 53.9 Å². The molecule has 7 rings (SSSR count). The molecule has 226 valence electrons. The van der Waals surface area contributed by atoms with E-state index < -0.39 is 11.7 Å². The predicted molar refractivity (Wildman–Crippen MR) is 166 cm³/mol. The van der Waals surface area contributed by atoms with E-state index in [1.54, 1.807) is 10.9 Å². The lowest BCUT2D eigenvalue weighted by atomic mass is 9.83. The second-order valence-corrected chi connectivity index (χ2v) is 12.2. The number of ether oxygens (including phenoxy) is 1. The predicted octanol–water partition coefficient (Wildman–Crippen LogP) is 5.13. The van der Waals surface area contributed by atoms with Gasteiger partial charge in [-0.3, -0.25) is 14.3 Å². The van der Waals surface area contributed by atoms with Crippen LogP contribution in [0.15, 0.2) is 85.1 Å². The third-order valence-corrected chi connectivity index (χ3v) is 9.34. The number of piperidine rings is 1. The van der Waals surface area contributed by atoms with E-state index in [2.05, 4.69) is 17.2 Å². The standard InChI is InChI=1S/C35H37N5O4/c1-24-20-28(17-19-38-23-30(36-37-38)33(42)26-11-3-2-4-12-26)44-35(24)29-14-5-6-15-31(29)40(34(35)43)22-25-10-9-13-27(21-25)39-18-8-7-16-32(39)41/h2-6,9-15,21,23-24,28,33,42H,7-8,16-20,22H2,1H3/t24-,28+,33+,35+/m0/s1. The van der Waals surface area contributed by atoms with Crippen LogP contribution < -0.4 is 9.80 Å². The number of nitrogens with zero attached hydrogens (tertiary/aromatic N) is 5. The molecule has 2 amide bonds. The highest BCUT2D eigenvalue weighted by Gasteiger charge is 2.59. The molecule has 9 heteroatoms. The van der Waals surface area contributed by atoms with Gasteiger partial charge in [-0.25, -0.2) is 0 Å². The molecule has 4 atom stereocenters. The quantitative estimate of drug-likeness (QED) is 0.305. The van der Waals surface area contributed by atoms with Gasteiger partial charge < -0.3 is 19.6 Å². The maximum atomic E-state index is 14.4. The first-order chi connectivity index (χ1) is 21.4. The summed E-state index contributed by atoms with van der Waals surface area (Å²) in [7, 11) is 0. The zero-order valence-corrected chi connectivity index (χ0v) is 24.9. The van der Waals surface area contributed by atoms with Gasteiger partial charge in [-0.15, -0.1) is 5.10 Å². The van der Waals surface area contributed by atoms with Crippen molar-refractivity contribution in [2.75, 3.05) is 16.3 Å². The van der Waals surface area contributed by atoms with E-state index in [4.69, 9.17) is 4.74 Å². The van der Waals surface area contributed by atoms with E-state index >= 15 is 0 Å². The molecular weight excluding hydrogens is 554 g/mol. The Hall–Kier alpha value is -4.34. The Morgan fingerprint density at radius 1 is 1.02 bits per heavy atom. The number of carbonyl (C=O) groups is 2. The van der Waals surface area contributed by atoms with Gasteiger partial charge in [0.25, 0.3) is 5.91 Å². The fraction of sp³-hybridized carbons (Fsp3) is 0.371. The molecule has 9 nitrogen and oxygen atoms in total. The summed E-state index contributed by atoms with van der Waals surface area (Å²) in [5.41, 5.74) is 3.87. The van der Waals surface area contributed by atoms with Crippen molar-refractivity contribution in [1.29, 1.82) is 0 Å². The molecule has 0 aliphatic carbocycles. The average Bonchev–Trinajstić information content (AvgIpc) is 3.73. The highest BCUT2D eigenvalue weighted by Crippen LogP contribution is 2.53. The molecule has 0 unspecified atom stereocenters. The third-order valence-electron chi connectivity index (χ3n) is 9.34. The number of aromatic nitrogens is 3. The number of aryl methyl sites for hydroxylation is 1. The lowest BCUT2D eigenvalue weighted by molar-refractivity contribution is -0.146. The monoisotopic (exact) mass is 591 g/mol. The first-order valence-electron chi connectivity index (χ1n) is 15.6. The van der Waals surface area contributed by atoms with Crippen molar-refractivity contribution < 1.29 is 19.4 Å². The summed E-state index contributed by atoms with van der Waals surface area (Å²) < 4.78 is 8.49. The molecule has 3 aliphatic rings. The van der Waals surface area contributed by atoms with Gasteiger partial charge in [0.15, 0.2) is 5.60 Å². The van der Waals surface area contributed by atoms with Gasteiger partial charge in [0.1, 0.15) is 11.8 Å². The largest absolute Gasteiger partial charge is 0.382 e.